The van der Waals surface area contributed by atoms with Gasteiger partial charge in [0.2, 0.25) is 0 Å². The van der Waals surface area contributed by atoms with Crippen LogP contribution in [0, 0.1) is 0 Å². The summed E-state index contributed by atoms with van der Waals surface area (Å²) in [5.41, 5.74) is 1.39. The Morgan fingerprint density at radius 3 is 2.58 bits per heavy atom. The smallest absolute Gasteiger partial charge is 0.339 e. The van der Waals surface area contributed by atoms with Gasteiger partial charge in [-0.05, 0) is 43.4 Å². The van der Waals surface area contributed by atoms with Gasteiger partial charge in [0.15, 0.2) is 0 Å². The molecular weight excluding hydrogens is 332 g/mol. The standard InChI is InChI=1S/C21H24O5/c1-15(26-14-16-9-5-3-6-10-16)8-4-2-7-11-17-12-18(22)13-19(23)20(17)21(24)25/h2-6,9-10,12-13,15,22-23H,7-8,11,14H2,1H3,(H,24,25)/b4-2+/t15-/m1/s1. The van der Waals surface area contributed by atoms with Crippen LogP contribution in [0.5, 0.6) is 11.5 Å². The third-order valence-corrected chi connectivity index (χ3v) is 3.99. The van der Waals surface area contributed by atoms with E-state index in [1.165, 1.54) is 6.07 Å². The maximum Gasteiger partial charge on any atom is 0.339 e. The molecule has 5 heteroatoms. The van der Waals surface area contributed by atoms with E-state index in [9.17, 15) is 20.1 Å². The summed E-state index contributed by atoms with van der Waals surface area (Å²) in [4.78, 5) is 11.2. The average molecular weight is 356 g/mol. The number of phenols is 2. The predicted molar refractivity (Wildman–Crippen MR) is 99.5 cm³/mol. The second-order valence-electron chi connectivity index (χ2n) is 6.16. The Hall–Kier alpha value is -2.79. The quantitative estimate of drug-likeness (QED) is 0.584. The molecule has 0 saturated heterocycles. The van der Waals surface area contributed by atoms with Gasteiger partial charge in [-0.15, -0.1) is 0 Å². The van der Waals surface area contributed by atoms with Crippen LogP contribution in [-0.2, 0) is 17.8 Å². The Morgan fingerprint density at radius 2 is 1.88 bits per heavy atom. The summed E-state index contributed by atoms with van der Waals surface area (Å²) in [6, 6.07) is 12.4. The second kappa shape index (κ2) is 9.63. The minimum Gasteiger partial charge on any atom is -0.508 e. The lowest BCUT2D eigenvalue weighted by molar-refractivity contribution is 0.0552. The van der Waals surface area contributed by atoms with Crippen LogP contribution >= 0.6 is 0 Å². The van der Waals surface area contributed by atoms with Gasteiger partial charge < -0.3 is 20.1 Å². The van der Waals surface area contributed by atoms with Crippen LogP contribution in [0.15, 0.2) is 54.6 Å². The van der Waals surface area contributed by atoms with Gasteiger partial charge in [-0.2, -0.15) is 0 Å². The fourth-order valence-corrected chi connectivity index (χ4v) is 2.64. The number of benzene rings is 2. The lowest BCUT2D eigenvalue weighted by Crippen LogP contribution is -2.06. The van der Waals surface area contributed by atoms with E-state index in [0.717, 1.165) is 18.1 Å². The number of phenolic OH excluding ortho intramolecular Hbond substituents is 1. The van der Waals surface area contributed by atoms with E-state index in [1.807, 2.05) is 49.4 Å². The summed E-state index contributed by atoms with van der Waals surface area (Å²) in [5.74, 6) is -1.77. The number of allylic oxidation sites excluding steroid dienone is 1. The highest BCUT2D eigenvalue weighted by Gasteiger charge is 2.16. The first-order valence-electron chi connectivity index (χ1n) is 8.56. The van der Waals surface area contributed by atoms with Crippen molar-refractivity contribution < 1.29 is 24.9 Å². The summed E-state index contributed by atoms with van der Waals surface area (Å²) >= 11 is 0. The highest BCUT2D eigenvalue weighted by atomic mass is 16.5. The minimum absolute atomic E-state index is 0.0749. The maximum absolute atomic E-state index is 11.2. The van der Waals surface area contributed by atoms with Gasteiger partial charge >= 0.3 is 5.97 Å². The van der Waals surface area contributed by atoms with Crippen molar-refractivity contribution in [3.8, 4) is 11.5 Å². The molecule has 26 heavy (non-hydrogen) atoms. The molecule has 0 heterocycles. The zero-order valence-electron chi connectivity index (χ0n) is 14.8. The molecule has 0 saturated carbocycles. The molecule has 0 aliphatic rings. The van der Waals surface area contributed by atoms with Gasteiger partial charge in [0.25, 0.3) is 0 Å². The Labute approximate surface area is 153 Å². The first-order chi connectivity index (χ1) is 12.5. The molecule has 0 aromatic heterocycles. The van der Waals surface area contributed by atoms with E-state index in [4.69, 9.17) is 4.74 Å². The van der Waals surface area contributed by atoms with Crippen molar-refractivity contribution in [2.75, 3.05) is 0 Å². The largest absolute Gasteiger partial charge is 0.508 e. The molecule has 0 aliphatic carbocycles. The number of carbonyl (C=O) groups is 1. The molecule has 2 aromatic rings. The van der Waals surface area contributed by atoms with Crippen molar-refractivity contribution in [1.82, 2.24) is 0 Å². The summed E-state index contributed by atoms with van der Waals surface area (Å²) in [6.45, 7) is 2.57. The van der Waals surface area contributed by atoms with Crippen LogP contribution in [0.1, 0.15) is 41.3 Å². The van der Waals surface area contributed by atoms with Gasteiger partial charge in [-0.3, -0.25) is 0 Å². The Bertz CT molecular complexity index is 752. The number of hydrogen-bond acceptors (Lipinski definition) is 4. The molecule has 0 aliphatic heterocycles. The summed E-state index contributed by atoms with van der Waals surface area (Å²) < 4.78 is 5.78. The molecule has 0 radical (unpaired) electrons. The third-order valence-electron chi connectivity index (χ3n) is 3.99. The van der Waals surface area contributed by atoms with Gasteiger partial charge in [-0.25, -0.2) is 4.79 Å². The zero-order chi connectivity index (χ0) is 18.9. The van der Waals surface area contributed by atoms with Crippen LogP contribution in [0.25, 0.3) is 0 Å². The molecule has 0 amide bonds. The maximum atomic E-state index is 11.2. The number of ether oxygens (including phenoxy) is 1. The minimum atomic E-state index is -1.20. The molecular formula is C21H24O5. The van der Waals surface area contributed by atoms with Gasteiger partial charge in [0, 0.05) is 6.07 Å². The second-order valence-corrected chi connectivity index (χ2v) is 6.16. The summed E-state index contributed by atoms with van der Waals surface area (Å²) in [5, 5.41) is 28.4. The van der Waals surface area contributed by atoms with Gasteiger partial charge in [0.1, 0.15) is 17.1 Å². The molecule has 0 bridgehead atoms. The normalized spacial score (nSPS) is 12.3. The van der Waals surface area contributed by atoms with Gasteiger partial charge in [-0.1, -0.05) is 42.5 Å². The third kappa shape index (κ3) is 5.93. The SMILES string of the molecule is C[C@H](C/C=C/CCc1cc(O)cc(O)c1C(=O)O)OCc1ccccc1. The lowest BCUT2D eigenvalue weighted by Gasteiger charge is -2.11. The first kappa shape index (κ1) is 19.5. The molecule has 2 rings (SSSR count). The number of aromatic hydroxyl groups is 2. The van der Waals surface area contributed by atoms with E-state index < -0.39 is 11.7 Å². The van der Waals surface area contributed by atoms with E-state index in [1.54, 1.807) is 0 Å². The van der Waals surface area contributed by atoms with Crippen molar-refractivity contribution in [3.05, 3.63) is 71.3 Å². The van der Waals surface area contributed by atoms with Crippen molar-refractivity contribution in [3.63, 3.8) is 0 Å². The summed E-state index contributed by atoms with van der Waals surface area (Å²) in [7, 11) is 0. The average Bonchev–Trinajstić information content (AvgIpc) is 2.59. The molecule has 5 nitrogen and oxygen atoms in total. The number of carboxylic acids is 1. The predicted octanol–water partition coefficient (Wildman–Crippen LogP) is 4.28. The van der Waals surface area contributed by atoms with Crippen molar-refractivity contribution >= 4 is 5.97 Å². The highest BCUT2D eigenvalue weighted by Crippen LogP contribution is 2.28. The monoisotopic (exact) mass is 356 g/mol. The van der Waals surface area contributed by atoms with E-state index in [-0.39, 0.29) is 17.4 Å². The Balaban J connectivity index is 1.80. The van der Waals surface area contributed by atoms with Crippen LogP contribution in [-0.4, -0.2) is 27.4 Å². The molecule has 0 fully saturated rings. The lowest BCUT2D eigenvalue weighted by atomic mass is 10.0. The molecule has 3 N–H and O–H groups in total. The Morgan fingerprint density at radius 1 is 1.15 bits per heavy atom. The molecule has 0 unspecified atom stereocenters. The first-order valence-corrected chi connectivity index (χ1v) is 8.56. The molecule has 0 spiro atoms. The fraction of sp³-hybridized carbons (Fsp3) is 0.286. The van der Waals surface area contributed by atoms with E-state index >= 15 is 0 Å². The highest BCUT2D eigenvalue weighted by molar-refractivity contribution is 5.92. The molecule has 2 aromatic carbocycles. The van der Waals surface area contributed by atoms with Crippen LogP contribution in [0.4, 0.5) is 0 Å². The number of hydrogen-bond donors (Lipinski definition) is 3. The van der Waals surface area contributed by atoms with Crippen molar-refractivity contribution in [1.29, 1.82) is 0 Å². The number of aryl methyl sites for hydroxylation is 1. The topological polar surface area (TPSA) is 87.0 Å². The zero-order valence-corrected chi connectivity index (χ0v) is 14.8. The van der Waals surface area contributed by atoms with Crippen LogP contribution in [0.3, 0.4) is 0 Å². The molecule has 138 valence electrons. The molecule has 1 atom stereocenters. The summed E-state index contributed by atoms with van der Waals surface area (Å²) in [6.07, 6.45) is 5.80. The van der Waals surface area contributed by atoms with Gasteiger partial charge in [0.05, 0.1) is 12.7 Å². The number of aromatic carboxylic acids is 1. The fourth-order valence-electron chi connectivity index (χ4n) is 2.64. The van der Waals surface area contributed by atoms with Crippen LogP contribution < -0.4 is 0 Å². The van der Waals surface area contributed by atoms with E-state index in [2.05, 4.69) is 0 Å². The van der Waals surface area contributed by atoms with Crippen molar-refractivity contribution in [2.24, 2.45) is 0 Å². The van der Waals surface area contributed by atoms with Crippen molar-refractivity contribution in [2.45, 2.75) is 38.9 Å². The Kier molecular flexibility index (Phi) is 7.24. The van der Waals surface area contributed by atoms with E-state index in [0.29, 0.717) is 25.0 Å². The van der Waals surface area contributed by atoms with Crippen LogP contribution in [0.2, 0.25) is 0 Å². The number of rotatable bonds is 9. The number of carboxylic acid groups (broad SMARTS) is 1.